The van der Waals surface area contributed by atoms with Crippen molar-refractivity contribution in [2.75, 3.05) is 45.4 Å². The Hall–Kier alpha value is -0.810. The average molecular weight is 273 g/mol. The Bertz CT molecular complexity index is 361. The zero-order valence-corrected chi connectivity index (χ0v) is 11.7. The number of rotatable bonds is 8. The summed E-state index contributed by atoms with van der Waals surface area (Å²) in [7, 11) is 3.63. The van der Waals surface area contributed by atoms with E-state index >= 15 is 0 Å². The zero-order chi connectivity index (χ0) is 13.4. The number of anilines is 1. The highest BCUT2D eigenvalue weighted by Gasteiger charge is 2.07. The van der Waals surface area contributed by atoms with Crippen molar-refractivity contribution in [3.63, 3.8) is 0 Å². The first-order valence-electron chi connectivity index (χ1n) is 5.99. The van der Waals surface area contributed by atoms with Gasteiger partial charge >= 0.3 is 0 Å². The monoisotopic (exact) mass is 272 g/mol. The van der Waals surface area contributed by atoms with Crippen LogP contribution in [0, 0.1) is 0 Å². The number of ether oxygens (including phenoxy) is 1. The topological polar surface area (TPSA) is 44.7 Å². The van der Waals surface area contributed by atoms with E-state index in [2.05, 4.69) is 5.32 Å². The molecule has 0 unspecified atom stereocenters. The number of aliphatic hydroxyl groups excluding tert-OH is 1. The Labute approximate surface area is 114 Å². The SMILES string of the molecule is COCCNCc1ccc(Cl)cc1N(C)CCO. The fourth-order valence-corrected chi connectivity index (χ4v) is 1.88. The number of hydrogen-bond donors (Lipinski definition) is 2. The van der Waals surface area contributed by atoms with Crippen LogP contribution in [0.25, 0.3) is 0 Å². The third-order valence-corrected chi connectivity index (χ3v) is 2.93. The molecule has 5 heteroatoms. The second kappa shape index (κ2) is 8.32. The first kappa shape index (κ1) is 15.2. The lowest BCUT2D eigenvalue weighted by molar-refractivity contribution is 0.199. The molecule has 0 saturated carbocycles. The van der Waals surface area contributed by atoms with E-state index in [0.717, 1.165) is 24.3 Å². The van der Waals surface area contributed by atoms with Crippen LogP contribution in [-0.2, 0) is 11.3 Å². The first-order valence-corrected chi connectivity index (χ1v) is 6.37. The van der Waals surface area contributed by atoms with Gasteiger partial charge in [0, 0.05) is 44.5 Å². The Morgan fingerprint density at radius 1 is 1.44 bits per heavy atom. The van der Waals surface area contributed by atoms with Crippen molar-refractivity contribution < 1.29 is 9.84 Å². The molecule has 2 N–H and O–H groups in total. The number of hydrogen-bond acceptors (Lipinski definition) is 4. The Morgan fingerprint density at radius 2 is 2.22 bits per heavy atom. The molecule has 0 heterocycles. The molecule has 4 nitrogen and oxygen atoms in total. The van der Waals surface area contributed by atoms with E-state index < -0.39 is 0 Å². The van der Waals surface area contributed by atoms with Crippen molar-refractivity contribution in [2.24, 2.45) is 0 Å². The van der Waals surface area contributed by atoms with Gasteiger partial charge in [-0.15, -0.1) is 0 Å². The number of halogens is 1. The molecule has 1 aromatic carbocycles. The van der Waals surface area contributed by atoms with Crippen LogP contribution in [0.5, 0.6) is 0 Å². The maximum Gasteiger partial charge on any atom is 0.0606 e. The second-order valence-electron chi connectivity index (χ2n) is 4.09. The summed E-state index contributed by atoms with van der Waals surface area (Å²) in [5.41, 5.74) is 2.20. The van der Waals surface area contributed by atoms with E-state index in [1.807, 2.05) is 30.1 Å². The van der Waals surface area contributed by atoms with Crippen LogP contribution in [-0.4, -0.2) is 45.6 Å². The molecule has 18 heavy (non-hydrogen) atoms. The highest BCUT2D eigenvalue weighted by Crippen LogP contribution is 2.23. The second-order valence-corrected chi connectivity index (χ2v) is 4.52. The summed E-state index contributed by atoms with van der Waals surface area (Å²) in [6, 6.07) is 5.81. The highest BCUT2D eigenvalue weighted by atomic mass is 35.5. The normalized spacial score (nSPS) is 10.7. The van der Waals surface area contributed by atoms with Gasteiger partial charge in [-0.3, -0.25) is 0 Å². The molecule has 1 rings (SSSR count). The summed E-state index contributed by atoms with van der Waals surface area (Å²) in [6.45, 7) is 2.97. The third-order valence-electron chi connectivity index (χ3n) is 2.69. The smallest absolute Gasteiger partial charge is 0.0606 e. The van der Waals surface area contributed by atoms with E-state index in [1.165, 1.54) is 0 Å². The van der Waals surface area contributed by atoms with Gasteiger partial charge < -0.3 is 20.1 Å². The van der Waals surface area contributed by atoms with Gasteiger partial charge in [-0.1, -0.05) is 17.7 Å². The summed E-state index contributed by atoms with van der Waals surface area (Å²) in [5, 5.41) is 13.0. The minimum absolute atomic E-state index is 0.125. The molecule has 0 amide bonds. The third kappa shape index (κ3) is 4.82. The van der Waals surface area contributed by atoms with Gasteiger partial charge in [-0.2, -0.15) is 0 Å². The Balaban J connectivity index is 2.70. The van der Waals surface area contributed by atoms with Gasteiger partial charge in [0.1, 0.15) is 0 Å². The van der Waals surface area contributed by atoms with Gasteiger partial charge in [0.2, 0.25) is 0 Å². The molecule has 0 saturated heterocycles. The van der Waals surface area contributed by atoms with Crippen molar-refractivity contribution >= 4 is 17.3 Å². The number of methoxy groups -OCH3 is 1. The van der Waals surface area contributed by atoms with Crippen molar-refractivity contribution in [3.8, 4) is 0 Å². The first-order chi connectivity index (χ1) is 8.69. The number of likely N-dealkylation sites (N-methyl/N-ethyl adjacent to an activating group) is 1. The van der Waals surface area contributed by atoms with Gasteiger partial charge in [-0.05, 0) is 17.7 Å². The van der Waals surface area contributed by atoms with Gasteiger partial charge in [0.25, 0.3) is 0 Å². The van der Waals surface area contributed by atoms with Crippen LogP contribution in [0.15, 0.2) is 18.2 Å². The number of nitrogens with one attached hydrogen (secondary N) is 1. The minimum atomic E-state index is 0.125. The molecular formula is C13H21ClN2O2. The van der Waals surface area contributed by atoms with Crippen LogP contribution in [0.1, 0.15) is 5.56 Å². The standard InChI is InChI=1S/C13H21ClN2O2/c1-16(6-7-17)13-9-12(14)4-3-11(13)10-15-5-8-18-2/h3-4,9,15,17H,5-8,10H2,1-2H3. The van der Waals surface area contributed by atoms with E-state index in [1.54, 1.807) is 7.11 Å². The molecule has 0 radical (unpaired) electrons. The number of benzene rings is 1. The van der Waals surface area contributed by atoms with Crippen molar-refractivity contribution in [1.29, 1.82) is 0 Å². The molecular weight excluding hydrogens is 252 g/mol. The van der Waals surface area contributed by atoms with E-state index in [4.69, 9.17) is 21.4 Å². The van der Waals surface area contributed by atoms with Crippen molar-refractivity contribution in [1.82, 2.24) is 5.32 Å². The maximum atomic E-state index is 9.00. The fourth-order valence-electron chi connectivity index (χ4n) is 1.71. The van der Waals surface area contributed by atoms with E-state index in [-0.39, 0.29) is 6.61 Å². The van der Waals surface area contributed by atoms with Crippen molar-refractivity contribution in [3.05, 3.63) is 28.8 Å². The molecule has 0 spiro atoms. The maximum absolute atomic E-state index is 9.00. The van der Waals surface area contributed by atoms with Gasteiger partial charge in [0.05, 0.1) is 13.2 Å². The lowest BCUT2D eigenvalue weighted by Crippen LogP contribution is -2.25. The Kier molecular flexibility index (Phi) is 7.05. The lowest BCUT2D eigenvalue weighted by atomic mass is 10.1. The summed E-state index contributed by atoms with van der Waals surface area (Å²) in [6.07, 6.45) is 0. The summed E-state index contributed by atoms with van der Waals surface area (Å²) in [5.74, 6) is 0. The quantitative estimate of drug-likeness (QED) is 0.704. The lowest BCUT2D eigenvalue weighted by Gasteiger charge is -2.22. The number of aliphatic hydroxyl groups is 1. The molecule has 0 atom stereocenters. The summed E-state index contributed by atoms with van der Waals surface area (Å²) in [4.78, 5) is 2.00. The van der Waals surface area contributed by atoms with Crippen molar-refractivity contribution in [2.45, 2.75) is 6.54 Å². The number of nitrogens with zero attached hydrogens (tertiary/aromatic N) is 1. The van der Waals surface area contributed by atoms with Gasteiger partial charge in [-0.25, -0.2) is 0 Å². The fraction of sp³-hybridized carbons (Fsp3) is 0.538. The molecule has 0 aliphatic carbocycles. The predicted molar refractivity (Wildman–Crippen MR) is 75.4 cm³/mol. The van der Waals surface area contributed by atoms with Crippen LogP contribution in [0.3, 0.4) is 0 Å². The molecule has 0 bridgehead atoms. The predicted octanol–water partition coefficient (Wildman–Crippen LogP) is 1.50. The minimum Gasteiger partial charge on any atom is -0.395 e. The summed E-state index contributed by atoms with van der Waals surface area (Å²) >= 11 is 6.02. The van der Waals surface area contributed by atoms with E-state index in [0.29, 0.717) is 18.2 Å². The molecule has 0 fully saturated rings. The molecule has 0 aliphatic rings. The van der Waals surface area contributed by atoms with Crippen LogP contribution in [0.4, 0.5) is 5.69 Å². The molecule has 0 aromatic heterocycles. The highest BCUT2D eigenvalue weighted by molar-refractivity contribution is 6.30. The molecule has 1 aromatic rings. The van der Waals surface area contributed by atoms with Crippen LogP contribution >= 0.6 is 11.6 Å². The Morgan fingerprint density at radius 3 is 2.89 bits per heavy atom. The largest absolute Gasteiger partial charge is 0.395 e. The van der Waals surface area contributed by atoms with Crippen LogP contribution in [0.2, 0.25) is 5.02 Å². The molecule has 102 valence electrons. The molecule has 0 aliphatic heterocycles. The summed E-state index contributed by atoms with van der Waals surface area (Å²) < 4.78 is 4.99. The van der Waals surface area contributed by atoms with E-state index in [9.17, 15) is 0 Å². The average Bonchev–Trinajstić information content (AvgIpc) is 2.36. The van der Waals surface area contributed by atoms with Crippen LogP contribution < -0.4 is 10.2 Å². The zero-order valence-electron chi connectivity index (χ0n) is 10.9. The van der Waals surface area contributed by atoms with Gasteiger partial charge in [0.15, 0.2) is 0 Å².